The first-order chi connectivity index (χ1) is 13.3. The predicted molar refractivity (Wildman–Crippen MR) is 101 cm³/mol. The van der Waals surface area contributed by atoms with Crippen LogP contribution in [0.15, 0.2) is 36.6 Å². The SMILES string of the molecule is O=C(Nc1c(SF)c(SF)c(SF)c(SF)c1SF)c1cc(O)c(O)c(O)c1. The van der Waals surface area contributed by atoms with Crippen molar-refractivity contribution in [2.75, 3.05) is 5.32 Å². The van der Waals surface area contributed by atoms with Crippen LogP contribution in [0.2, 0.25) is 0 Å². The van der Waals surface area contributed by atoms with Gasteiger partial charge in [-0.25, -0.2) is 0 Å². The lowest BCUT2D eigenvalue weighted by Crippen LogP contribution is -2.14. The second-order valence-corrected chi connectivity index (χ2v) is 7.54. The van der Waals surface area contributed by atoms with Crippen LogP contribution in [-0.4, -0.2) is 21.2 Å². The third-order valence-corrected chi connectivity index (χ3v) is 6.56. The van der Waals surface area contributed by atoms with Crippen molar-refractivity contribution in [3.63, 3.8) is 0 Å². The van der Waals surface area contributed by atoms with E-state index < -0.39 is 120 Å². The van der Waals surface area contributed by atoms with Crippen LogP contribution in [0.4, 0.5) is 25.1 Å². The van der Waals surface area contributed by atoms with Crippen molar-refractivity contribution in [1.82, 2.24) is 0 Å². The maximum atomic E-state index is 13.4. The summed E-state index contributed by atoms with van der Waals surface area (Å²) in [5, 5.41) is 30.2. The van der Waals surface area contributed by atoms with Gasteiger partial charge in [-0.15, -0.1) is 0 Å². The summed E-state index contributed by atoms with van der Waals surface area (Å²) in [5.74, 6) is -3.79. The van der Waals surface area contributed by atoms with Crippen molar-refractivity contribution in [3.05, 3.63) is 17.7 Å². The Hall–Kier alpha value is -1.29. The second-order valence-electron chi connectivity index (χ2n) is 4.72. The van der Waals surface area contributed by atoms with Crippen molar-refractivity contribution in [2.45, 2.75) is 24.5 Å². The Bertz CT molecular complexity index is 863. The van der Waals surface area contributed by atoms with Gasteiger partial charge in [-0.3, -0.25) is 4.79 Å². The molecule has 2 aromatic carbocycles. The summed E-state index contributed by atoms with van der Waals surface area (Å²) in [6.07, 6.45) is 0. The average Bonchev–Trinajstić information content (AvgIpc) is 2.69. The molecule has 0 bridgehead atoms. The number of hydrogen-bond donors (Lipinski definition) is 4. The number of nitrogens with one attached hydrogen (secondary N) is 1. The number of carbonyl (C=O) groups excluding carboxylic acids is 1. The Balaban J connectivity index is 2.65. The molecule has 2 aromatic rings. The third kappa shape index (κ3) is 4.32. The van der Waals surface area contributed by atoms with Gasteiger partial charge < -0.3 is 20.6 Å². The Morgan fingerprint density at radius 2 is 1.07 bits per heavy atom. The summed E-state index contributed by atoms with van der Waals surface area (Å²) in [6, 6.07) is 1.46. The lowest BCUT2D eigenvalue weighted by molar-refractivity contribution is 0.102. The second kappa shape index (κ2) is 9.96. The average molecular weight is 496 g/mol. The minimum absolute atomic E-state index is 0.453. The Morgan fingerprint density at radius 3 is 1.43 bits per heavy atom. The summed E-state index contributed by atoms with van der Waals surface area (Å²) in [5.41, 5.74) is -1.14. The maximum Gasteiger partial charge on any atom is 0.256 e. The Labute approximate surface area is 176 Å². The first-order valence-corrected chi connectivity index (χ1v) is 10.2. The van der Waals surface area contributed by atoms with Gasteiger partial charge in [0.15, 0.2) is 17.2 Å². The number of phenols is 3. The van der Waals surface area contributed by atoms with Gasteiger partial charge in [0.05, 0.1) is 90.9 Å². The zero-order valence-electron chi connectivity index (χ0n) is 12.8. The van der Waals surface area contributed by atoms with Gasteiger partial charge in [-0.05, 0) is 12.1 Å². The molecule has 0 atom stereocenters. The van der Waals surface area contributed by atoms with Gasteiger partial charge in [0.2, 0.25) is 0 Å². The van der Waals surface area contributed by atoms with E-state index in [4.69, 9.17) is 0 Å². The molecule has 28 heavy (non-hydrogen) atoms. The van der Waals surface area contributed by atoms with Crippen LogP contribution in [0.1, 0.15) is 10.4 Å². The third-order valence-electron chi connectivity index (χ3n) is 3.24. The van der Waals surface area contributed by atoms with E-state index >= 15 is 0 Å². The van der Waals surface area contributed by atoms with Crippen molar-refractivity contribution in [3.8, 4) is 17.2 Å². The molecule has 4 N–H and O–H groups in total. The molecule has 0 unspecified atom stereocenters. The summed E-state index contributed by atoms with van der Waals surface area (Å²) >= 11 is -3.17. The van der Waals surface area contributed by atoms with E-state index in [-0.39, 0.29) is 0 Å². The van der Waals surface area contributed by atoms with Crippen LogP contribution in [0.3, 0.4) is 0 Å². The standard InChI is InChI=1S/C13H6F5NO4S5/c14-24-8-6(9(25-15)11(27-17)12(28-18)10(8)26-16)19-13(23)3-1-4(20)7(22)5(21)2-3/h1-2,20-22H,(H,19,23). The number of aromatic hydroxyl groups is 3. The highest BCUT2D eigenvalue weighted by Crippen LogP contribution is 2.54. The van der Waals surface area contributed by atoms with E-state index in [1.807, 2.05) is 5.32 Å². The zero-order valence-corrected chi connectivity index (χ0v) is 16.9. The number of carbonyl (C=O) groups is 1. The summed E-state index contributed by atoms with van der Waals surface area (Å²) in [4.78, 5) is 8.78. The van der Waals surface area contributed by atoms with Crippen LogP contribution >= 0.6 is 60.7 Å². The molecule has 0 aromatic heterocycles. The number of amides is 1. The fraction of sp³-hybridized carbons (Fsp3) is 0. The molecular weight excluding hydrogens is 489 g/mol. The van der Waals surface area contributed by atoms with Gasteiger partial charge in [0, 0.05) is 5.56 Å². The smallest absolute Gasteiger partial charge is 0.256 e. The van der Waals surface area contributed by atoms with E-state index in [1.54, 1.807) is 0 Å². The largest absolute Gasteiger partial charge is 0.504 e. The molecule has 0 aliphatic rings. The molecular formula is C13H6F5NO4S5. The first kappa shape index (κ1) is 23.0. The van der Waals surface area contributed by atoms with Crippen LogP contribution < -0.4 is 5.32 Å². The Morgan fingerprint density at radius 1 is 0.714 bits per heavy atom. The minimum atomic E-state index is -1.15. The van der Waals surface area contributed by atoms with E-state index in [2.05, 4.69) is 0 Å². The molecule has 0 radical (unpaired) electrons. The number of benzene rings is 2. The molecule has 5 nitrogen and oxygen atoms in total. The number of halogens is 5. The summed E-state index contributed by atoms with van der Waals surface area (Å²) in [6.45, 7) is 0. The molecule has 0 fully saturated rings. The summed E-state index contributed by atoms with van der Waals surface area (Å²) < 4.78 is 66.6. The Kier molecular flexibility index (Phi) is 8.18. The predicted octanol–water partition coefficient (Wildman–Crippen LogP) is 6.94. The topological polar surface area (TPSA) is 89.8 Å². The highest BCUT2D eigenvalue weighted by Gasteiger charge is 2.29. The first-order valence-electron chi connectivity index (χ1n) is 6.57. The molecule has 0 heterocycles. The van der Waals surface area contributed by atoms with E-state index in [0.29, 0.717) is 0 Å². The van der Waals surface area contributed by atoms with Crippen LogP contribution in [0.25, 0.3) is 0 Å². The molecule has 0 aliphatic heterocycles. The maximum absolute atomic E-state index is 13.4. The highest BCUT2D eigenvalue weighted by atomic mass is 32.2. The zero-order chi connectivity index (χ0) is 21.0. The van der Waals surface area contributed by atoms with Gasteiger partial charge in [0.1, 0.15) is 0 Å². The van der Waals surface area contributed by atoms with Crippen molar-refractivity contribution < 1.29 is 39.5 Å². The lowest BCUT2D eigenvalue weighted by atomic mass is 10.1. The fourth-order valence-electron chi connectivity index (χ4n) is 2.03. The molecule has 0 aliphatic carbocycles. The molecule has 15 heteroatoms. The molecule has 152 valence electrons. The molecule has 0 saturated carbocycles. The molecule has 1 amide bonds. The molecule has 0 saturated heterocycles. The van der Waals surface area contributed by atoms with Crippen molar-refractivity contribution >= 4 is 72.3 Å². The monoisotopic (exact) mass is 495 g/mol. The van der Waals surface area contributed by atoms with Gasteiger partial charge in [-0.1, -0.05) is 0 Å². The number of hydrogen-bond acceptors (Lipinski definition) is 9. The number of phenolic OH excluding ortho intramolecular Hbond substituents is 3. The normalized spacial score (nSPS) is 10.9. The number of anilines is 1. The van der Waals surface area contributed by atoms with Crippen LogP contribution in [0, 0.1) is 0 Å². The van der Waals surface area contributed by atoms with Crippen LogP contribution in [0.5, 0.6) is 17.2 Å². The quantitative estimate of drug-likeness (QED) is 0.241. The van der Waals surface area contributed by atoms with Gasteiger partial charge in [0.25, 0.3) is 5.91 Å². The fourth-order valence-corrected chi connectivity index (χ4v) is 4.88. The minimum Gasteiger partial charge on any atom is -0.504 e. The van der Waals surface area contributed by atoms with Crippen molar-refractivity contribution in [2.24, 2.45) is 0 Å². The van der Waals surface area contributed by atoms with E-state index in [0.717, 1.165) is 12.1 Å². The van der Waals surface area contributed by atoms with Gasteiger partial charge in [-0.2, -0.15) is 19.4 Å². The highest BCUT2D eigenvalue weighted by molar-refractivity contribution is 8.00. The molecule has 0 spiro atoms. The van der Waals surface area contributed by atoms with Gasteiger partial charge >= 0.3 is 0 Å². The lowest BCUT2D eigenvalue weighted by Gasteiger charge is -2.18. The van der Waals surface area contributed by atoms with Crippen LogP contribution in [-0.2, 0) is 0 Å². The van der Waals surface area contributed by atoms with Crippen molar-refractivity contribution in [1.29, 1.82) is 0 Å². The van der Waals surface area contributed by atoms with E-state index in [9.17, 15) is 39.5 Å². The van der Waals surface area contributed by atoms with E-state index in [1.165, 1.54) is 0 Å². The molecule has 2 rings (SSSR count). The summed E-state index contributed by atoms with van der Waals surface area (Å²) in [7, 11) is 0. The number of rotatable bonds is 7.